The van der Waals surface area contributed by atoms with E-state index in [4.69, 9.17) is 4.74 Å². The van der Waals surface area contributed by atoms with E-state index in [1.165, 1.54) is 0 Å². The molecule has 1 aromatic heterocycles. The Bertz CT molecular complexity index is 532. The SMILES string of the molecule is CNC(=O)[C@H]1CC[C@@H](C(=O)O)N(Cc2ccc(OC)nc2)C1. The number of aromatic nitrogens is 1. The number of rotatable bonds is 5. The van der Waals surface area contributed by atoms with Crippen LogP contribution in [0.2, 0.25) is 0 Å². The fraction of sp³-hybridized carbons (Fsp3) is 0.533. The van der Waals surface area contributed by atoms with Crippen molar-refractivity contribution in [2.45, 2.75) is 25.4 Å². The van der Waals surface area contributed by atoms with Gasteiger partial charge in [-0.05, 0) is 18.4 Å². The maximum absolute atomic E-state index is 11.8. The lowest BCUT2D eigenvalue weighted by molar-refractivity contribution is -0.147. The molecule has 22 heavy (non-hydrogen) atoms. The molecule has 2 atom stereocenters. The number of carbonyl (C=O) groups is 2. The molecular weight excluding hydrogens is 286 g/mol. The van der Waals surface area contributed by atoms with Crippen molar-refractivity contribution < 1.29 is 19.4 Å². The van der Waals surface area contributed by atoms with Crippen LogP contribution in [0.3, 0.4) is 0 Å². The number of carboxylic acid groups (broad SMARTS) is 1. The van der Waals surface area contributed by atoms with Crippen molar-refractivity contribution in [3.63, 3.8) is 0 Å². The molecule has 0 unspecified atom stereocenters. The fourth-order valence-electron chi connectivity index (χ4n) is 2.78. The van der Waals surface area contributed by atoms with E-state index in [1.54, 1.807) is 26.4 Å². The molecule has 0 saturated carbocycles. The van der Waals surface area contributed by atoms with Gasteiger partial charge in [-0.15, -0.1) is 0 Å². The molecule has 0 radical (unpaired) electrons. The molecule has 2 heterocycles. The molecular formula is C15H21N3O4. The Hall–Kier alpha value is -2.15. The van der Waals surface area contributed by atoms with E-state index in [1.807, 2.05) is 11.0 Å². The Balaban J connectivity index is 2.11. The minimum absolute atomic E-state index is 0.0401. The summed E-state index contributed by atoms with van der Waals surface area (Å²) >= 11 is 0. The van der Waals surface area contributed by atoms with E-state index >= 15 is 0 Å². The minimum Gasteiger partial charge on any atom is -0.481 e. The number of nitrogens with zero attached hydrogens (tertiary/aromatic N) is 2. The average Bonchev–Trinajstić information content (AvgIpc) is 2.54. The number of hydrogen-bond acceptors (Lipinski definition) is 5. The molecule has 7 heteroatoms. The highest BCUT2D eigenvalue weighted by Crippen LogP contribution is 2.24. The van der Waals surface area contributed by atoms with Gasteiger partial charge < -0.3 is 15.2 Å². The second kappa shape index (κ2) is 7.22. The highest BCUT2D eigenvalue weighted by atomic mass is 16.5. The first-order chi connectivity index (χ1) is 10.5. The number of likely N-dealkylation sites (tertiary alicyclic amines) is 1. The zero-order chi connectivity index (χ0) is 16.1. The van der Waals surface area contributed by atoms with Crippen LogP contribution in [-0.4, -0.2) is 53.6 Å². The number of nitrogens with one attached hydrogen (secondary N) is 1. The normalized spacial score (nSPS) is 22.1. The lowest BCUT2D eigenvalue weighted by Crippen LogP contribution is -2.50. The van der Waals surface area contributed by atoms with Crippen molar-refractivity contribution in [2.24, 2.45) is 5.92 Å². The van der Waals surface area contributed by atoms with Gasteiger partial charge in [0.1, 0.15) is 6.04 Å². The first-order valence-electron chi connectivity index (χ1n) is 7.22. The molecule has 0 aromatic carbocycles. The number of hydrogen-bond donors (Lipinski definition) is 2. The zero-order valence-corrected chi connectivity index (χ0v) is 12.8. The number of carbonyl (C=O) groups excluding carboxylic acids is 1. The van der Waals surface area contributed by atoms with Gasteiger partial charge in [0.05, 0.1) is 13.0 Å². The third kappa shape index (κ3) is 3.73. The van der Waals surface area contributed by atoms with Crippen LogP contribution in [0.1, 0.15) is 18.4 Å². The summed E-state index contributed by atoms with van der Waals surface area (Å²) in [5.41, 5.74) is 0.893. The van der Waals surface area contributed by atoms with Gasteiger partial charge in [0.2, 0.25) is 11.8 Å². The summed E-state index contributed by atoms with van der Waals surface area (Å²) in [7, 11) is 3.14. The predicted molar refractivity (Wildman–Crippen MR) is 79.4 cm³/mol. The van der Waals surface area contributed by atoms with Gasteiger partial charge in [-0.2, -0.15) is 0 Å². The lowest BCUT2D eigenvalue weighted by Gasteiger charge is -2.36. The predicted octanol–water partition coefficient (Wildman–Crippen LogP) is 0.501. The molecule has 7 nitrogen and oxygen atoms in total. The van der Waals surface area contributed by atoms with Crippen LogP contribution in [0, 0.1) is 5.92 Å². The zero-order valence-electron chi connectivity index (χ0n) is 12.8. The molecule has 0 spiro atoms. The van der Waals surface area contributed by atoms with E-state index in [9.17, 15) is 14.7 Å². The maximum atomic E-state index is 11.8. The summed E-state index contributed by atoms with van der Waals surface area (Å²) < 4.78 is 5.01. The monoisotopic (exact) mass is 307 g/mol. The van der Waals surface area contributed by atoms with Crippen molar-refractivity contribution in [2.75, 3.05) is 20.7 Å². The van der Waals surface area contributed by atoms with E-state index in [2.05, 4.69) is 10.3 Å². The molecule has 1 amide bonds. The van der Waals surface area contributed by atoms with Crippen LogP contribution >= 0.6 is 0 Å². The molecule has 2 rings (SSSR count). The number of ether oxygens (including phenoxy) is 1. The Morgan fingerprint density at radius 1 is 1.45 bits per heavy atom. The summed E-state index contributed by atoms with van der Waals surface area (Å²) in [6.07, 6.45) is 2.73. The van der Waals surface area contributed by atoms with Crippen molar-refractivity contribution >= 4 is 11.9 Å². The van der Waals surface area contributed by atoms with E-state index in [0.29, 0.717) is 31.8 Å². The fourth-order valence-corrected chi connectivity index (χ4v) is 2.78. The third-order valence-corrected chi connectivity index (χ3v) is 3.98. The summed E-state index contributed by atoms with van der Waals surface area (Å²) in [6.45, 7) is 0.879. The number of piperidine rings is 1. The van der Waals surface area contributed by atoms with Gasteiger partial charge in [-0.3, -0.25) is 14.5 Å². The summed E-state index contributed by atoms with van der Waals surface area (Å²) in [5, 5.41) is 12.0. The molecule has 0 bridgehead atoms. The second-order valence-corrected chi connectivity index (χ2v) is 5.38. The Morgan fingerprint density at radius 3 is 2.77 bits per heavy atom. The summed E-state index contributed by atoms with van der Waals surface area (Å²) in [5.74, 6) is -0.550. The number of amides is 1. The highest BCUT2D eigenvalue weighted by molar-refractivity contribution is 5.79. The third-order valence-electron chi connectivity index (χ3n) is 3.98. The van der Waals surface area contributed by atoms with Crippen LogP contribution in [0.4, 0.5) is 0 Å². The molecule has 1 fully saturated rings. The maximum Gasteiger partial charge on any atom is 0.320 e. The number of aliphatic carboxylic acids is 1. The van der Waals surface area contributed by atoms with Crippen LogP contribution in [-0.2, 0) is 16.1 Å². The van der Waals surface area contributed by atoms with Crippen LogP contribution in [0.5, 0.6) is 5.88 Å². The molecule has 1 aliphatic rings. The first kappa shape index (κ1) is 16.2. The van der Waals surface area contributed by atoms with Gasteiger partial charge in [0.25, 0.3) is 0 Å². The van der Waals surface area contributed by atoms with Crippen LogP contribution in [0.15, 0.2) is 18.3 Å². The van der Waals surface area contributed by atoms with Crippen molar-refractivity contribution in [3.8, 4) is 5.88 Å². The van der Waals surface area contributed by atoms with Gasteiger partial charge in [-0.25, -0.2) is 4.98 Å². The van der Waals surface area contributed by atoms with Gasteiger partial charge >= 0.3 is 5.97 Å². The molecule has 1 saturated heterocycles. The highest BCUT2D eigenvalue weighted by Gasteiger charge is 2.35. The molecule has 120 valence electrons. The van der Waals surface area contributed by atoms with E-state index in [0.717, 1.165) is 5.56 Å². The van der Waals surface area contributed by atoms with Gasteiger partial charge in [-0.1, -0.05) is 6.07 Å². The first-order valence-corrected chi connectivity index (χ1v) is 7.22. The van der Waals surface area contributed by atoms with Gasteiger partial charge in [0.15, 0.2) is 0 Å². The van der Waals surface area contributed by atoms with Crippen LogP contribution < -0.4 is 10.1 Å². The molecule has 0 aliphatic carbocycles. The summed E-state index contributed by atoms with van der Waals surface area (Å²) in [6, 6.07) is 3.03. The quantitative estimate of drug-likeness (QED) is 0.823. The number of pyridine rings is 1. The number of methoxy groups -OCH3 is 1. The number of carboxylic acids is 1. The van der Waals surface area contributed by atoms with E-state index < -0.39 is 12.0 Å². The van der Waals surface area contributed by atoms with Crippen molar-refractivity contribution in [1.82, 2.24) is 15.2 Å². The van der Waals surface area contributed by atoms with Crippen molar-refractivity contribution in [3.05, 3.63) is 23.9 Å². The molecule has 1 aromatic rings. The Kier molecular flexibility index (Phi) is 5.32. The standard InChI is InChI=1S/C15H21N3O4/c1-16-14(19)11-4-5-12(15(20)21)18(9-11)8-10-3-6-13(22-2)17-7-10/h3,6-7,11-12H,4-5,8-9H2,1-2H3,(H,16,19)(H,20,21)/t11-,12-/m0/s1. The summed E-state index contributed by atoms with van der Waals surface area (Å²) in [4.78, 5) is 29.2. The van der Waals surface area contributed by atoms with Crippen molar-refractivity contribution in [1.29, 1.82) is 0 Å². The van der Waals surface area contributed by atoms with E-state index in [-0.39, 0.29) is 11.8 Å². The smallest absolute Gasteiger partial charge is 0.320 e. The van der Waals surface area contributed by atoms with Crippen LogP contribution in [0.25, 0.3) is 0 Å². The Morgan fingerprint density at radius 2 is 2.23 bits per heavy atom. The lowest BCUT2D eigenvalue weighted by atomic mass is 9.91. The average molecular weight is 307 g/mol. The largest absolute Gasteiger partial charge is 0.481 e. The second-order valence-electron chi connectivity index (χ2n) is 5.38. The molecule has 1 aliphatic heterocycles. The van der Waals surface area contributed by atoms with Gasteiger partial charge in [0, 0.05) is 32.4 Å². The topological polar surface area (TPSA) is 91.8 Å². The minimum atomic E-state index is -0.850. The Labute approximate surface area is 129 Å². The molecule has 2 N–H and O–H groups in total.